The molecular formula is C14H19NO3. The van der Waals surface area contributed by atoms with E-state index in [1.165, 1.54) is 16.0 Å². The summed E-state index contributed by atoms with van der Waals surface area (Å²) in [4.78, 5) is 23.5. The quantitative estimate of drug-likeness (QED) is 0.831. The van der Waals surface area contributed by atoms with Crippen LogP contribution in [-0.4, -0.2) is 28.9 Å². The molecule has 0 fully saturated rings. The van der Waals surface area contributed by atoms with Gasteiger partial charge in [-0.2, -0.15) is 0 Å². The molecule has 0 heterocycles. The molecule has 1 aromatic carbocycles. The maximum atomic E-state index is 11.6. The number of aryl methyl sites for hydroxylation is 3. The topological polar surface area (TPSA) is 57.6 Å². The van der Waals surface area contributed by atoms with E-state index in [2.05, 4.69) is 12.1 Å². The summed E-state index contributed by atoms with van der Waals surface area (Å²) >= 11 is 0. The first-order chi connectivity index (χ1) is 8.31. The summed E-state index contributed by atoms with van der Waals surface area (Å²) in [7, 11) is 1.62. The van der Waals surface area contributed by atoms with E-state index >= 15 is 0 Å². The van der Waals surface area contributed by atoms with E-state index in [-0.39, 0.29) is 5.91 Å². The van der Waals surface area contributed by atoms with Crippen LogP contribution in [0.5, 0.6) is 0 Å². The third-order valence-electron chi connectivity index (χ3n) is 3.09. The molecule has 4 heteroatoms. The molecule has 4 nitrogen and oxygen atoms in total. The Morgan fingerprint density at radius 2 is 1.67 bits per heavy atom. The van der Waals surface area contributed by atoms with Crippen LogP contribution >= 0.6 is 0 Å². The smallest absolute Gasteiger partial charge is 0.312 e. The van der Waals surface area contributed by atoms with Crippen LogP contribution in [0.15, 0.2) is 12.1 Å². The van der Waals surface area contributed by atoms with Crippen molar-refractivity contribution in [2.45, 2.75) is 33.7 Å². The Labute approximate surface area is 107 Å². The lowest BCUT2D eigenvalue weighted by atomic mass is 10.0. The van der Waals surface area contributed by atoms with Crippen molar-refractivity contribution < 1.29 is 14.7 Å². The van der Waals surface area contributed by atoms with E-state index in [4.69, 9.17) is 5.11 Å². The van der Waals surface area contributed by atoms with Crippen LogP contribution in [-0.2, 0) is 16.1 Å². The largest absolute Gasteiger partial charge is 0.481 e. The first-order valence-electron chi connectivity index (χ1n) is 5.83. The molecule has 18 heavy (non-hydrogen) atoms. The van der Waals surface area contributed by atoms with Gasteiger partial charge in [0.25, 0.3) is 0 Å². The van der Waals surface area contributed by atoms with Crippen molar-refractivity contribution in [3.8, 4) is 0 Å². The van der Waals surface area contributed by atoms with Gasteiger partial charge in [-0.05, 0) is 43.0 Å². The van der Waals surface area contributed by atoms with E-state index in [1.54, 1.807) is 7.05 Å². The second kappa shape index (κ2) is 5.67. The van der Waals surface area contributed by atoms with Crippen LogP contribution in [0.3, 0.4) is 0 Å². The first kappa shape index (κ1) is 14.2. The van der Waals surface area contributed by atoms with Gasteiger partial charge in [0.1, 0.15) is 6.42 Å². The van der Waals surface area contributed by atoms with E-state index < -0.39 is 12.4 Å². The number of carbonyl (C=O) groups is 2. The van der Waals surface area contributed by atoms with E-state index in [0.29, 0.717) is 6.54 Å². The zero-order valence-electron chi connectivity index (χ0n) is 11.3. The molecule has 0 aliphatic heterocycles. The molecule has 0 radical (unpaired) electrons. The number of nitrogens with zero attached hydrogens (tertiary/aromatic N) is 1. The molecule has 0 bridgehead atoms. The third-order valence-corrected chi connectivity index (χ3v) is 3.09. The summed E-state index contributed by atoms with van der Waals surface area (Å²) in [6.07, 6.45) is -0.458. The number of carbonyl (C=O) groups excluding carboxylic acids is 1. The van der Waals surface area contributed by atoms with Crippen molar-refractivity contribution >= 4 is 11.9 Å². The number of amides is 1. The Hall–Kier alpha value is -1.84. The number of benzene rings is 1. The van der Waals surface area contributed by atoms with Gasteiger partial charge < -0.3 is 10.0 Å². The van der Waals surface area contributed by atoms with Crippen LogP contribution in [0.1, 0.15) is 28.7 Å². The second-order valence-electron chi connectivity index (χ2n) is 4.68. The SMILES string of the molecule is Cc1cc(C)c(CN(C)C(=O)CC(=O)O)cc1C. The van der Waals surface area contributed by atoms with Gasteiger partial charge in [-0.25, -0.2) is 0 Å². The molecule has 0 unspecified atom stereocenters. The highest BCUT2D eigenvalue weighted by Gasteiger charge is 2.14. The van der Waals surface area contributed by atoms with Gasteiger partial charge in [-0.1, -0.05) is 12.1 Å². The zero-order valence-corrected chi connectivity index (χ0v) is 11.3. The van der Waals surface area contributed by atoms with Gasteiger partial charge in [-0.3, -0.25) is 9.59 Å². The van der Waals surface area contributed by atoms with Crippen LogP contribution in [0.2, 0.25) is 0 Å². The molecule has 0 spiro atoms. The van der Waals surface area contributed by atoms with E-state index in [0.717, 1.165) is 11.1 Å². The maximum absolute atomic E-state index is 11.6. The monoisotopic (exact) mass is 249 g/mol. The summed E-state index contributed by atoms with van der Waals surface area (Å²) in [5.74, 6) is -1.47. The number of carboxylic acid groups (broad SMARTS) is 1. The summed E-state index contributed by atoms with van der Waals surface area (Å²) < 4.78 is 0. The lowest BCUT2D eigenvalue weighted by Gasteiger charge is -2.18. The summed E-state index contributed by atoms with van der Waals surface area (Å²) in [6.45, 7) is 6.51. The minimum atomic E-state index is -1.09. The van der Waals surface area contributed by atoms with E-state index in [1.807, 2.05) is 20.8 Å². The van der Waals surface area contributed by atoms with Crippen molar-refractivity contribution in [1.29, 1.82) is 0 Å². The highest BCUT2D eigenvalue weighted by Crippen LogP contribution is 2.17. The zero-order chi connectivity index (χ0) is 13.9. The molecule has 1 aromatic rings. The van der Waals surface area contributed by atoms with Crippen molar-refractivity contribution in [3.63, 3.8) is 0 Å². The normalized spacial score (nSPS) is 10.2. The van der Waals surface area contributed by atoms with E-state index in [9.17, 15) is 9.59 Å². The summed E-state index contributed by atoms with van der Waals surface area (Å²) in [5.41, 5.74) is 4.57. The number of aliphatic carboxylic acids is 1. The van der Waals surface area contributed by atoms with Gasteiger partial charge >= 0.3 is 5.97 Å². The molecule has 1 N–H and O–H groups in total. The lowest BCUT2D eigenvalue weighted by Crippen LogP contribution is -2.28. The van der Waals surface area contributed by atoms with Crippen molar-refractivity contribution in [1.82, 2.24) is 4.90 Å². The predicted molar refractivity (Wildman–Crippen MR) is 69.4 cm³/mol. The van der Waals surface area contributed by atoms with Crippen LogP contribution in [0, 0.1) is 20.8 Å². The van der Waals surface area contributed by atoms with Crippen molar-refractivity contribution in [2.24, 2.45) is 0 Å². The lowest BCUT2D eigenvalue weighted by molar-refractivity contribution is -0.143. The molecule has 1 rings (SSSR count). The summed E-state index contributed by atoms with van der Waals surface area (Å²) in [5, 5.41) is 8.59. The fourth-order valence-corrected chi connectivity index (χ4v) is 1.80. The van der Waals surface area contributed by atoms with Gasteiger partial charge in [0.05, 0.1) is 0 Å². The standard InChI is InChI=1S/C14H19NO3/c1-9-5-11(3)12(6-10(9)2)8-15(4)13(16)7-14(17)18/h5-6H,7-8H2,1-4H3,(H,17,18). The Morgan fingerprint density at radius 3 is 2.22 bits per heavy atom. The molecular weight excluding hydrogens is 230 g/mol. The highest BCUT2D eigenvalue weighted by atomic mass is 16.4. The second-order valence-corrected chi connectivity index (χ2v) is 4.68. The van der Waals surface area contributed by atoms with Gasteiger partial charge in [-0.15, -0.1) is 0 Å². The van der Waals surface area contributed by atoms with Crippen LogP contribution < -0.4 is 0 Å². The number of rotatable bonds is 4. The van der Waals surface area contributed by atoms with Crippen LogP contribution in [0.25, 0.3) is 0 Å². The fraction of sp³-hybridized carbons (Fsp3) is 0.429. The predicted octanol–water partition coefficient (Wildman–Crippen LogP) is 2.04. The Balaban J connectivity index is 2.81. The molecule has 0 aromatic heterocycles. The molecule has 0 aliphatic carbocycles. The minimum Gasteiger partial charge on any atom is -0.481 e. The Kier molecular flexibility index (Phi) is 4.48. The van der Waals surface area contributed by atoms with Crippen LogP contribution in [0.4, 0.5) is 0 Å². The molecule has 0 aliphatic rings. The fourth-order valence-electron chi connectivity index (χ4n) is 1.80. The highest BCUT2D eigenvalue weighted by molar-refractivity contribution is 5.93. The number of hydrogen-bond donors (Lipinski definition) is 1. The van der Waals surface area contributed by atoms with Gasteiger partial charge in [0.15, 0.2) is 0 Å². The summed E-state index contributed by atoms with van der Waals surface area (Å²) in [6, 6.07) is 4.13. The first-order valence-corrected chi connectivity index (χ1v) is 5.83. The van der Waals surface area contributed by atoms with Gasteiger partial charge in [0, 0.05) is 13.6 Å². The average Bonchev–Trinajstić information content (AvgIpc) is 2.24. The van der Waals surface area contributed by atoms with Gasteiger partial charge in [0.2, 0.25) is 5.91 Å². The molecule has 98 valence electrons. The van der Waals surface area contributed by atoms with Crippen molar-refractivity contribution in [3.05, 3.63) is 34.4 Å². The molecule has 0 saturated carbocycles. The number of hydrogen-bond acceptors (Lipinski definition) is 2. The Morgan fingerprint density at radius 1 is 1.11 bits per heavy atom. The number of carboxylic acids is 1. The average molecular weight is 249 g/mol. The third kappa shape index (κ3) is 3.58. The minimum absolute atomic E-state index is 0.375. The maximum Gasteiger partial charge on any atom is 0.312 e. The van der Waals surface area contributed by atoms with Crippen molar-refractivity contribution in [2.75, 3.05) is 7.05 Å². The molecule has 0 saturated heterocycles. The molecule has 0 atom stereocenters. The molecule has 1 amide bonds. The Bertz CT molecular complexity index is 480.